The zero-order valence-corrected chi connectivity index (χ0v) is 15.0. The molecule has 2 aromatic rings. The third-order valence-corrected chi connectivity index (χ3v) is 5.48. The topological polar surface area (TPSA) is 85.4 Å². The molecule has 0 bridgehead atoms. The first-order chi connectivity index (χ1) is 11.7. The Morgan fingerprint density at radius 3 is 2.60 bits per heavy atom. The van der Waals surface area contributed by atoms with Gasteiger partial charge >= 0.3 is 11.3 Å². The average Bonchev–Trinajstić information content (AvgIpc) is 2.51. The van der Waals surface area contributed by atoms with Crippen LogP contribution in [0.2, 0.25) is 0 Å². The van der Waals surface area contributed by atoms with Gasteiger partial charge in [0, 0.05) is 11.4 Å². The minimum absolute atomic E-state index is 0.0580. The number of anilines is 1. The lowest BCUT2D eigenvalue weighted by Crippen LogP contribution is -2.42. The quantitative estimate of drug-likeness (QED) is 0.500. The van der Waals surface area contributed by atoms with Crippen LogP contribution in [0.3, 0.4) is 0 Å². The van der Waals surface area contributed by atoms with Crippen molar-refractivity contribution in [3.05, 3.63) is 44.8 Å². The Kier molecular flexibility index (Phi) is 4.31. The first-order valence-electron chi connectivity index (χ1n) is 8.66. The summed E-state index contributed by atoms with van der Waals surface area (Å²) >= 11 is 0. The number of nitro groups is 1. The summed E-state index contributed by atoms with van der Waals surface area (Å²) in [7, 11) is 0. The monoisotopic (exact) mass is 344 g/mol. The Bertz CT molecular complexity index is 871. The summed E-state index contributed by atoms with van der Waals surface area (Å²) in [5, 5.41) is 15.4. The lowest BCUT2D eigenvalue weighted by Gasteiger charge is -2.44. The maximum atomic E-state index is 12.2. The molecule has 3 rings (SSSR count). The predicted molar refractivity (Wildman–Crippen MR) is 97.9 cm³/mol. The van der Waals surface area contributed by atoms with E-state index < -0.39 is 16.2 Å². The van der Waals surface area contributed by atoms with E-state index >= 15 is 0 Å². The van der Waals surface area contributed by atoms with Crippen molar-refractivity contribution >= 4 is 22.3 Å². The molecule has 1 N–H and O–H groups in total. The number of fused-ring (bicyclic) bond motifs is 1. The van der Waals surface area contributed by atoms with E-state index in [4.69, 9.17) is 4.42 Å². The van der Waals surface area contributed by atoms with Crippen LogP contribution in [-0.4, -0.2) is 11.0 Å². The van der Waals surface area contributed by atoms with E-state index in [1.807, 2.05) is 0 Å². The molecule has 3 atom stereocenters. The van der Waals surface area contributed by atoms with Crippen LogP contribution in [0.1, 0.15) is 40.5 Å². The Labute approximate surface area is 146 Å². The third-order valence-electron chi connectivity index (χ3n) is 5.48. The largest absolute Gasteiger partial charge is 0.418 e. The van der Waals surface area contributed by atoms with Crippen molar-refractivity contribution in [1.29, 1.82) is 0 Å². The normalized spacial score (nSPS) is 25.7. The molecule has 0 unspecified atom stereocenters. The lowest BCUT2D eigenvalue weighted by molar-refractivity contribution is -0.386. The summed E-state index contributed by atoms with van der Waals surface area (Å²) in [5.74, 6) is 0.838. The minimum atomic E-state index is -0.915. The molecule has 0 radical (unpaired) electrons. The summed E-state index contributed by atoms with van der Waals surface area (Å²) in [4.78, 5) is 23.0. The minimum Gasteiger partial charge on any atom is -0.418 e. The molecule has 1 aliphatic carbocycles. The van der Waals surface area contributed by atoms with Gasteiger partial charge in [-0.15, -0.1) is 0 Å². The fourth-order valence-electron chi connectivity index (χ4n) is 4.14. The van der Waals surface area contributed by atoms with Crippen LogP contribution in [0.15, 0.2) is 33.5 Å². The molecule has 1 heterocycles. The number of hydrogen-bond donors (Lipinski definition) is 1. The van der Waals surface area contributed by atoms with Crippen molar-refractivity contribution in [2.45, 2.75) is 46.6 Å². The van der Waals surface area contributed by atoms with Crippen LogP contribution < -0.4 is 10.9 Å². The van der Waals surface area contributed by atoms with Crippen molar-refractivity contribution in [3.63, 3.8) is 0 Å². The zero-order chi connectivity index (χ0) is 18.4. The second-order valence-electron chi connectivity index (χ2n) is 8.03. The first-order valence-corrected chi connectivity index (χ1v) is 8.66. The van der Waals surface area contributed by atoms with Crippen LogP contribution in [0.4, 0.5) is 11.4 Å². The number of hydrogen-bond acceptors (Lipinski definition) is 5. The highest BCUT2D eigenvalue weighted by molar-refractivity contribution is 5.94. The lowest BCUT2D eigenvalue weighted by atomic mass is 9.66. The number of para-hydroxylation sites is 1. The van der Waals surface area contributed by atoms with Gasteiger partial charge < -0.3 is 9.73 Å². The fraction of sp³-hybridized carbons (Fsp3) is 0.526. The molecule has 0 aliphatic heterocycles. The molecule has 1 aliphatic rings. The van der Waals surface area contributed by atoms with E-state index in [1.165, 1.54) is 0 Å². The number of rotatable bonds is 3. The Morgan fingerprint density at radius 1 is 1.24 bits per heavy atom. The highest BCUT2D eigenvalue weighted by Gasteiger charge is 2.38. The maximum Gasteiger partial charge on any atom is 0.417 e. The smallest absolute Gasteiger partial charge is 0.417 e. The third kappa shape index (κ3) is 3.25. The van der Waals surface area contributed by atoms with Crippen LogP contribution in [0, 0.1) is 27.4 Å². The van der Waals surface area contributed by atoms with Gasteiger partial charge in [-0.1, -0.05) is 39.8 Å². The molecule has 0 amide bonds. The molecule has 6 heteroatoms. The van der Waals surface area contributed by atoms with Crippen molar-refractivity contribution < 1.29 is 9.34 Å². The summed E-state index contributed by atoms with van der Waals surface area (Å²) in [6, 6.07) is 6.99. The number of nitrogens with one attached hydrogen (secondary N) is 1. The molecule has 25 heavy (non-hydrogen) atoms. The van der Waals surface area contributed by atoms with E-state index in [0.717, 1.165) is 12.8 Å². The van der Waals surface area contributed by atoms with E-state index in [0.29, 0.717) is 22.8 Å². The molecule has 1 aromatic carbocycles. The second-order valence-corrected chi connectivity index (χ2v) is 8.03. The summed E-state index contributed by atoms with van der Waals surface area (Å²) in [6.07, 6.45) is 2.01. The number of benzene rings is 1. The SMILES string of the molecule is C[C@@H]1[C@@H](C)CC(C)(C)C[C@H]1Nc1c([N+](=O)[O-])c(=O)oc2ccccc12. The second kappa shape index (κ2) is 6.17. The Hall–Kier alpha value is -2.37. The van der Waals surface area contributed by atoms with Gasteiger partial charge in [0.1, 0.15) is 11.3 Å². The summed E-state index contributed by atoms with van der Waals surface area (Å²) in [6.45, 7) is 8.81. The molecular weight excluding hydrogens is 320 g/mol. The Morgan fingerprint density at radius 2 is 1.92 bits per heavy atom. The standard InChI is InChI=1S/C19H24N2O4/c1-11-9-19(3,4)10-14(12(11)2)20-16-13-7-5-6-8-15(13)25-18(22)17(16)21(23)24/h5-8,11-12,14,20H,9-10H2,1-4H3/t11-,12+,14+/m0/s1. The van der Waals surface area contributed by atoms with Gasteiger partial charge in [0.2, 0.25) is 0 Å². The number of nitrogens with zero attached hydrogens (tertiary/aromatic N) is 1. The van der Waals surface area contributed by atoms with E-state index in [1.54, 1.807) is 24.3 Å². The zero-order valence-electron chi connectivity index (χ0n) is 15.0. The maximum absolute atomic E-state index is 12.2. The van der Waals surface area contributed by atoms with Gasteiger partial charge in [-0.05, 0) is 42.2 Å². The average molecular weight is 344 g/mol. The van der Waals surface area contributed by atoms with Gasteiger partial charge in [0.05, 0.1) is 4.92 Å². The first kappa shape index (κ1) is 17.5. The molecule has 0 saturated heterocycles. The summed E-state index contributed by atoms with van der Waals surface area (Å²) in [5.41, 5.74) is -0.646. The van der Waals surface area contributed by atoms with Crippen LogP contribution in [0.5, 0.6) is 0 Å². The fourth-order valence-corrected chi connectivity index (χ4v) is 4.14. The van der Waals surface area contributed by atoms with Crippen LogP contribution >= 0.6 is 0 Å². The van der Waals surface area contributed by atoms with Crippen molar-refractivity contribution in [2.24, 2.45) is 17.3 Å². The molecule has 1 aromatic heterocycles. The molecular formula is C19H24N2O4. The van der Waals surface area contributed by atoms with Crippen molar-refractivity contribution in [1.82, 2.24) is 0 Å². The molecule has 1 saturated carbocycles. The molecule has 0 spiro atoms. The van der Waals surface area contributed by atoms with Crippen LogP contribution in [-0.2, 0) is 0 Å². The molecule has 1 fully saturated rings. The highest BCUT2D eigenvalue weighted by Crippen LogP contribution is 2.43. The van der Waals surface area contributed by atoms with Gasteiger partial charge in [0.15, 0.2) is 0 Å². The van der Waals surface area contributed by atoms with Gasteiger partial charge in [-0.2, -0.15) is 0 Å². The Balaban J connectivity index is 2.13. The van der Waals surface area contributed by atoms with E-state index in [9.17, 15) is 14.9 Å². The molecule has 6 nitrogen and oxygen atoms in total. The van der Waals surface area contributed by atoms with Gasteiger partial charge in [0.25, 0.3) is 0 Å². The van der Waals surface area contributed by atoms with E-state index in [2.05, 4.69) is 33.0 Å². The van der Waals surface area contributed by atoms with Gasteiger partial charge in [-0.25, -0.2) is 4.79 Å². The summed E-state index contributed by atoms with van der Waals surface area (Å²) < 4.78 is 5.14. The van der Waals surface area contributed by atoms with Gasteiger partial charge in [-0.3, -0.25) is 10.1 Å². The molecule has 134 valence electrons. The predicted octanol–water partition coefficient (Wildman–Crippen LogP) is 4.57. The van der Waals surface area contributed by atoms with Crippen molar-refractivity contribution in [3.8, 4) is 0 Å². The van der Waals surface area contributed by atoms with Crippen LogP contribution in [0.25, 0.3) is 11.0 Å². The highest BCUT2D eigenvalue weighted by atomic mass is 16.6. The van der Waals surface area contributed by atoms with E-state index in [-0.39, 0.29) is 17.1 Å². The van der Waals surface area contributed by atoms with Crippen molar-refractivity contribution in [2.75, 3.05) is 5.32 Å².